The van der Waals surface area contributed by atoms with Gasteiger partial charge in [-0.1, -0.05) is 6.92 Å². The van der Waals surface area contributed by atoms with Crippen LogP contribution < -0.4 is 5.32 Å². The van der Waals surface area contributed by atoms with Crippen LogP contribution >= 0.6 is 0 Å². The predicted molar refractivity (Wildman–Crippen MR) is 53.1 cm³/mol. The molecule has 2 rings (SSSR count). The molecule has 2 heterocycles. The maximum Gasteiger partial charge on any atom is 0.130 e. The SMILES string of the molecule is CCCN1CNC2=C1C=NCN2C. The Morgan fingerprint density at radius 3 is 3.23 bits per heavy atom. The van der Waals surface area contributed by atoms with E-state index < -0.39 is 0 Å². The van der Waals surface area contributed by atoms with Crippen LogP contribution in [-0.2, 0) is 0 Å². The van der Waals surface area contributed by atoms with Crippen LogP contribution in [0.4, 0.5) is 0 Å². The summed E-state index contributed by atoms with van der Waals surface area (Å²) in [5.41, 5.74) is 1.25. The van der Waals surface area contributed by atoms with E-state index in [1.165, 1.54) is 17.9 Å². The van der Waals surface area contributed by atoms with Crippen LogP contribution in [0.1, 0.15) is 13.3 Å². The molecule has 0 amide bonds. The highest BCUT2D eigenvalue weighted by molar-refractivity contribution is 5.80. The summed E-state index contributed by atoms with van der Waals surface area (Å²) in [5.74, 6) is 1.23. The summed E-state index contributed by atoms with van der Waals surface area (Å²) in [6, 6.07) is 0. The van der Waals surface area contributed by atoms with Gasteiger partial charge < -0.3 is 15.1 Å². The van der Waals surface area contributed by atoms with Gasteiger partial charge in [0.1, 0.15) is 12.5 Å². The maximum absolute atomic E-state index is 4.29. The minimum absolute atomic E-state index is 0.770. The van der Waals surface area contributed by atoms with E-state index in [9.17, 15) is 0 Å². The smallest absolute Gasteiger partial charge is 0.130 e. The first-order valence-electron chi connectivity index (χ1n) is 4.77. The van der Waals surface area contributed by atoms with Gasteiger partial charge in [-0.15, -0.1) is 0 Å². The molecule has 4 heteroatoms. The fourth-order valence-electron chi connectivity index (χ4n) is 1.76. The molecule has 0 radical (unpaired) electrons. The average Bonchev–Trinajstić information content (AvgIpc) is 2.51. The van der Waals surface area contributed by atoms with Crippen molar-refractivity contribution in [2.45, 2.75) is 13.3 Å². The summed E-state index contributed by atoms with van der Waals surface area (Å²) >= 11 is 0. The fourth-order valence-corrected chi connectivity index (χ4v) is 1.76. The first-order valence-corrected chi connectivity index (χ1v) is 4.77. The molecule has 0 fully saturated rings. The fraction of sp³-hybridized carbons (Fsp3) is 0.667. The standard InChI is InChI=1S/C9H16N4/c1-3-4-13-7-11-9-8(13)5-10-6-12(9)2/h5,11H,3-4,6-7H2,1-2H3. The normalized spacial score (nSPS) is 20.8. The Balaban J connectivity index is 2.17. The molecule has 13 heavy (non-hydrogen) atoms. The molecule has 0 aliphatic carbocycles. The molecule has 4 nitrogen and oxygen atoms in total. The van der Waals surface area contributed by atoms with Crippen molar-refractivity contribution in [3.05, 3.63) is 11.5 Å². The number of hydrogen-bond acceptors (Lipinski definition) is 4. The summed E-state index contributed by atoms with van der Waals surface area (Å²) in [7, 11) is 2.06. The Bertz CT molecular complexity index is 256. The number of nitrogens with one attached hydrogen (secondary N) is 1. The number of allylic oxidation sites excluding steroid dienone is 1. The lowest BCUT2D eigenvalue weighted by atomic mass is 10.3. The van der Waals surface area contributed by atoms with Crippen molar-refractivity contribution >= 4 is 6.21 Å². The number of nitrogens with zero attached hydrogens (tertiary/aromatic N) is 3. The zero-order chi connectivity index (χ0) is 9.26. The predicted octanol–water partition coefficient (Wildman–Crippen LogP) is 0.402. The lowest BCUT2D eigenvalue weighted by molar-refractivity contribution is 0.377. The molecule has 2 aliphatic heterocycles. The summed E-state index contributed by atoms with van der Waals surface area (Å²) in [4.78, 5) is 8.77. The number of hydrogen-bond donors (Lipinski definition) is 1. The second-order valence-electron chi connectivity index (χ2n) is 3.48. The molecule has 0 spiro atoms. The Labute approximate surface area is 78.9 Å². The molecular formula is C9H16N4. The van der Waals surface area contributed by atoms with Gasteiger partial charge in [0, 0.05) is 13.6 Å². The summed E-state index contributed by atoms with van der Waals surface area (Å²) in [6.07, 6.45) is 3.15. The molecule has 2 aliphatic rings. The third-order valence-electron chi connectivity index (χ3n) is 2.40. The minimum Gasteiger partial charge on any atom is -0.353 e. The number of rotatable bonds is 2. The van der Waals surface area contributed by atoms with Crippen molar-refractivity contribution in [2.75, 3.05) is 26.9 Å². The van der Waals surface area contributed by atoms with Crippen LogP contribution in [-0.4, -0.2) is 42.9 Å². The Morgan fingerprint density at radius 2 is 2.46 bits per heavy atom. The van der Waals surface area contributed by atoms with Crippen LogP contribution in [0.25, 0.3) is 0 Å². The number of aliphatic imine (C=N–C) groups is 1. The van der Waals surface area contributed by atoms with E-state index in [2.05, 4.69) is 34.1 Å². The quantitative estimate of drug-likeness (QED) is 0.667. The molecule has 0 aromatic heterocycles. The van der Waals surface area contributed by atoms with Gasteiger partial charge >= 0.3 is 0 Å². The van der Waals surface area contributed by atoms with Crippen molar-refractivity contribution < 1.29 is 0 Å². The Morgan fingerprint density at radius 1 is 1.62 bits per heavy atom. The largest absolute Gasteiger partial charge is 0.353 e. The maximum atomic E-state index is 4.29. The molecule has 0 saturated carbocycles. The third kappa shape index (κ3) is 1.36. The van der Waals surface area contributed by atoms with Crippen molar-refractivity contribution in [1.29, 1.82) is 0 Å². The molecule has 72 valence electrons. The summed E-state index contributed by atoms with van der Waals surface area (Å²) in [6.45, 7) is 4.99. The van der Waals surface area contributed by atoms with Crippen LogP contribution in [0.3, 0.4) is 0 Å². The first-order chi connectivity index (χ1) is 6.33. The van der Waals surface area contributed by atoms with E-state index >= 15 is 0 Å². The van der Waals surface area contributed by atoms with Crippen LogP contribution in [0.2, 0.25) is 0 Å². The Kier molecular flexibility index (Phi) is 2.12. The highest BCUT2D eigenvalue weighted by atomic mass is 15.4. The summed E-state index contributed by atoms with van der Waals surface area (Å²) < 4.78 is 0. The lowest BCUT2D eigenvalue weighted by Crippen LogP contribution is -2.28. The molecule has 0 saturated heterocycles. The monoisotopic (exact) mass is 180 g/mol. The van der Waals surface area contributed by atoms with Crippen molar-refractivity contribution in [1.82, 2.24) is 15.1 Å². The van der Waals surface area contributed by atoms with E-state index in [4.69, 9.17) is 0 Å². The lowest BCUT2D eigenvalue weighted by Gasteiger charge is -2.23. The average molecular weight is 180 g/mol. The van der Waals surface area contributed by atoms with E-state index in [-0.39, 0.29) is 0 Å². The van der Waals surface area contributed by atoms with Gasteiger partial charge in [-0.05, 0) is 6.42 Å². The Hall–Kier alpha value is -1.19. The molecule has 0 bridgehead atoms. The van der Waals surface area contributed by atoms with Gasteiger partial charge in [-0.2, -0.15) is 0 Å². The molecule has 1 N–H and O–H groups in total. The molecular weight excluding hydrogens is 164 g/mol. The zero-order valence-corrected chi connectivity index (χ0v) is 8.25. The van der Waals surface area contributed by atoms with E-state index in [0.717, 1.165) is 19.9 Å². The topological polar surface area (TPSA) is 30.9 Å². The van der Waals surface area contributed by atoms with E-state index in [1.54, 1.807) is 0 Å². The van der Waals surface area contributed by atoms with Gasteiger partial charge in [0.2, 0.25) is 0 Å². The van der Waals surface area contributed by atoms with Crippen LogP contribution in [0, 0.1) is 0 Å². The third-order valence-corrected chi connectivity index (χ3v) is 2.40. The van der Waals surface area contributed by atoms with Gasteiger partial charge in [0.05, 0.1) is 18.6 Å². The van der Waals surface area contributed by atoms with Crippen molar-refractivity contribution in [3.8, 4) is 0 Å². The second-order valence-corrected chi connectivity index (χ2v) is 3.48. The molecule has 0 atom stereocenters. The van der Waals surface area contributed by atoms with Crippen molar-refractivity contribution in [3.63, 3.8) is 0 Å². The highest BCUT2D eigenvalue weighted by Gasteiger charge is 2.24. The van der Waals surface area contributed by atoms with Crippen LogP contribution in [0.5, 0.6) is 0 Å². The zero-order valence-electron chi connectivity index (χ0n) is 8.25. The van der Waals surface area contributed by atoms with Gasteiger partial charge in [0.15, 0.2) is 0 Å². The van der Waals surface area contributed by atoms with Gasteiger partial charge in [-0.3, -0.25) is 4.99 Å². The van der Waals surface area contributed by atoms with E-state index in [0.29, 0.717) is 0 Å². The van der Waals surface area contributed by atoms with E-state index in [1.807, 2.05) is 6.21 Å². The minimum atomic E-state index is 0.770. The first kappa shape index (κ1) is 8.41. The van der Waals surface area contributed by atoms with Crippen molar-refractivity contribution in [2.24, 2.45) is 4.99 Å². The molecule has 0 unspecified atom stereocenters. The van der Waals surface area contributed by atoms with Gasteiger partial charge in [0.25, 0.3) is 0 Å². The highest BCUT2D eigenvalue weighted by Crippen LogP contribution is 2.18. The molecule has 0 aromatic carbocycles. The van der Waals surface area contributed by atoms with Crippen LogP contribution in [0.15, 0.2) is 16.5 Å². The second kappa shape index (κ2) is 3.28. The molecule has 0 aromatic rings. The van der Waals surface area contributed by atoms with Gasteiger partial charge in [-0.25, -0.2) is 0 Å². The summed E-state index contributed by atoms with van der Waals surface area (Å²) in [5, 5.41) is 3.38.